The van der Waals surface area contributed by atoms with Crippen LogP contribution >= 0.6 is 0 Å². The van der Waals surface area contributed by atoms with Gasteiger partial charge in [0.05, 0.1) is 18.7 Å². The Morgan fingerprint density at radius 3 is 2.48 bits per heavy atom. The number of rotatable bonds is 5. The van der Waals surface area contributed by atoms with Gasteiger partial charge in [0.1, 0.15) is 12.4 Å². The molecule has 0 aliphatic carbocycles. The first-order valence-electron chi connectivity index (χ1n) is 8.62. The van der Waals surface area contributed by atoms with Gasteiger partial charge in [0.25, 0.3) is 0 Å². The molecule has 6 heteroatoms. The summed E-state index contributed by atoms with van der Waals surface area (Å²) >= 11 is 0. The topological polar surface area (TPSA) is 67.9 Å². The van der Waals surface area contributed by atoms with Gasteiger partial charge >= 0.3 is 12.0 Å². The van der Waals surface area contributed by atoms with Gasteiger partial charge in [-0.15, -0.1) is 0 Å². The Morgan fingerprint density at radius 1 is 1.11 bits per heavy atom. The zero-order chi connectivity index (χ0) is 19.4. The third-order valence-corrected chi connectivity index (χ3v) is 4.63. The molecular weight excluding hydrogens is 344 g/mol. The van der Waals surface area contributed by atoms with Crippen LogP contribution in [0.15, 0.2) is 65.9 Å². The number of hydrogen-bond acceptors (Lipinski definition) is 4. The van der Waals surface area contributed by atoms with Crippen molar-refractivity contribution in [3.63, 3.8) is 0 Å². The molecule has 1 atom stereocenters. The van der Waals surface area contributed by atoms with Gasteiger partial charge in [-0.1, -0.05) is 48.5 Å². The second-order valence-corrected chi connectivity index (χ2v) is 6.24. The summed E-state index contributed by atoms with van der Waals surface area (Å²) in [6.07, 6.45) is 0. The summed E-state index contributed by atoms with van der Waals surface area (Å²) in [5.41, 5.74) is 2.66. The van der Waals surface area contributed by atoms with E-state index in [1.807, 2.05) is 54.6 Å². The molecule has 27 heavy (non-hydrogen) atoms. The summed E-state index contributed by atoms with van der Waals surface area (Å²) in [5, 5.41) is 2.87. The largest absolute Gasteiger partial charge is 0.489 e. The minimum absolute atomic E-state index is 0.289. The van der Waals surface area contributed by atoms with E-state index in [0.717, 1.165) is 5.56 Å². The molecule has 1 unspecified atom stereocenters. The van der Waals surface area contributed by atoms with Crippen LogP contribution in [0.4, 0.5) is 4.79 Å². The number of nitrogens with zero attached hydrogens (tertiary/aromatic N) is 1. The summed E-state index contributed by atoms with van der Waals surface area (Å²) in [6.45, 7) is 2.11. The van der Waals surface area contributed by atoms with Gasteiger partial charge in [-0.05, 0) is 18.6 Å². The lowest BCUT2D eigenvalue weighted by Crippen LogP contribution is -2.46. The minimum atomic E-state index is -0.645. The fraction of sp³-hybridized carbons (Fsp3) is 0.238. The Kier molecular flexibility index (Phi) is 5.45. The number of allylic oxidation sites excluding steroid dienone is 1. The predicted molar refractivity (Wildman–Crippen MR) is 101 cm³/mol. The lowest BCUT2D eigenvalue weighted by atomic mass is 9.94. The molecule has 2 amide bonds. The van der Waals surface area contributed by atoms with Crippen LogP contribution in [-0.4, -0.2) is 31.1 Å². The highest BCUT2D eigenvalue weighted by Gasteiger charge is 2.36. The standard InChI is InChI=1S/C21H22N2O4/c1-14-18(20(24)26-3)19(22-21(25)23(14)2)16-11-7-8-12-17(16)27-13-15-9-5-4-6-10-15/h4-12,19H,13H2,1-3H3,(H,22,25). The highest BCUT2D eigenvalue weighted by Crippen LogP contribution is 2.35. The Hall–Kier alpha value is -3.28. The van der Waals surface area contributed by atoms with Crippen LogP contribution in [0, 0.1) is 0 Å². The van der Waals surface area contributed by atoms with Gasteiger partial charge in [0.2, 0.25) is 0 Å². The fourth-order valence-electron chi connectivity index (χ4n) is 3.03. The van der Waals surface area contributed by atoms with Gasteiger partial charge in [-0.3, -0.25) is 0 Å². The Bertz CT molecular complexity index is 877. The molecule has 1 aliphatic heterocycles. The van der Waals surface area contributed by atoms with Crippen LogP contribution in [0.2, 0.25) is 0 Å². The molecule has 0 saturated heterocycles. The number of esters is 1. The molecule has 140 valence electrons. The number of ether oxygens (including phenoxy) is 2. The normalized spacial score (nSPS) is 16.8. The summed E-state index contributed by atoms with van der Waals surface area (Å²) in [4.78, 5) is 26.1. The molecule has 2 aromatic carbocycles. The third kappa shape index (κ3) is 3.79. The molecular formula is C21H22N2O4. The molecule has 0 bridgehead atoms. The van der Waals surface area contributed by atoms with Crippen molar-refractivity contribution in [3.05, 3.63) is 77.0 Å². The van der Waals surface area contributed by atoms with E-state index in [0.29, 0.717) is 29.2 Å². The van der Waals surface area contributed by atoms with E-state index in [2.05, 4.69) is 5.32 Å². The van der Waals surface area contributed by atoms with Crippen molar-refractivity contribution in [1.82, 2.24) is 10.2 Å². The summed E-state index contributed by atoms with van der Waals surface area (Å²) < 4.78 is 10.9. The summed E-state index contributed by atoms with van der Waals surface area (Å²) in [7, 11) is 2.94. The van der Waals surface area contributed by atoms with Gasteiger partial charge in [0, 0.05) is 18.3 Å². The number of urea groups is 1. The van der Waals surface area contributed by atoms with E-state index in [9.17, 15) is 9.59 Å². The average molecular weight is 366 g/mol. The molecule has 3 rings (SSSR count). The number of benzene rings is 2. The van der Waals surface area contributed by atoms with Gasteiger partial charge < -0.3 is 19.7 Å². The van der Waals surface area contributed by atoms with Crippen molar-refractivity contribution in [2.24, 2.45) is 0 Å². The lowest BCUT2D eigenvalue weighted by Gasteiger charge is -2.33. The highest BCUT2D eigenvalue weighted by molar-refractivity contribution is 5.95. The highest BCUT2D eigenvalue weighted by atomic mass is 16.5. The van der Waals surface area contributed by atoms with Gasteiger partial charge in [-0.2, -0.15) is 0 Å². The van der Waals surface area contributed by atoms with E-state index < -0.39 is 12.0 Å². The molecule has 6 nitrogen and oxygen atoms in total. The molecule has 1 aliphatic rings. The quantitative estimate of drug-likeness (QED) is 0.824. The SMILES string of the molecule is COC(=O)C1=C(C)N(C)C(=O)NC1c1ccccc1OCc1ccccc1. The molecule has 0 radical (unpaired) electrons. The van der Waals surface area contributed by atoms with Gasteiger partial charge in [0.15, 0.2) is 0 Å². The van der Waals surface area contributed by atoms with Crippen LogP contribution in [0.25, 0.3) is 0 Å². The lowest BCUT2D eigenvalue weighted by molar-refractivity contribution is -0.136. The average Bonchev–Trinajstić information content (AvgIpc) is 2.70. The number of carbonyl (C=O) groups is 2. The fourth-order valence-corrected chi connectivity index (χ4v) is 3.03. The zero-order valence-electron chi connectivity index (χ0n) is 15.6. The van der Waals surface area contributed by atoms with Crippen molar-refractivity contribution >= 4 is 12.0 Å². The van der Waals surface area contributed by atoms with Crippen molar-refractivity contribution in [3.8, 4) is 5.75 Å². The maximum absolute atomic E-state index is 12.4. The maximum Gasteiger partial charge on any atom is 0.337 e. The van der Waals surface area contributed by atoms with Gasteiger partial charge in [-0.25, -0.2) is 9.59 Å². The first-order valence-corrected chi connectivity index (χ1v) is 8.62. The second-order valence-electron chi connectivity index (χ2n) is 6.24. The van der Waals surface area contributed by atoms with Crippen LogP contribution in [0.5, 0.6) is 5.75 Å². The first-order chi connectivity index (χ1) is 13.0. The number of methoxy groups -OCH3 is 1. The number of amides is 2. The third-order valence-electron chi connectivity index (χ3n) is 4.63. The molecule has 1 N–H and O–H groups in total. The van der Waals surface area contributed by atoms with Crippen LogP contribution in [0.3, 0.4) is 0 Å². The number of hydrogen-bond donors (Lipinski definition) is 1. The molecule has 0 spiro atoms. The van der Waals surface area contributed by atoms with E-state index >= 15 is 0 Å². The Morgan fingerprint density at radius 2 is 1.78 bits per heavy atom. The van der Waals surface area contributed by atoms with Crippen LogP contribution in [0.1, 0.15) is 24.1 Å². The zero-order valence-corrected chi connectivity index (χ0v) is 15.6. The van der Waals surface area contributed by atoms with Crippen molar-refractivity contribution in [2.45, 2.75) is 19.6 Å². The molecule has 1 heterocycles. The molecule has 0 saturated carbocycles. The minimum Gasteiger partial charge on any atom is -0.489 e. The first kappa shape index (κ1) is 18.5. The molecule has 2 aromatic rings. The number of carbonyl (C=O) groups excluding carboxylic acids is 2. The predicted octanol–water partition coefficient (Wildman–Crippen LogP) is 3.41. The van der Waals surface area contributed by atoms with Crippen molar-refractivity contribution in [1.29, 1.82) is 0 Å². The van der Waals surface area contributed by atoms with Crippen molar-refractivity contribution < 1.29 is 19.1 Å². The van der Waals surface area contributed by atoms with E-state index in [1.165, 1.54) is 12.0 Å². The molecule has 0 fully saturated rings. The Labute approximate surface area is 158 Å². The smallest absolute Gasteiger partial charge is 0.337 e. The summed E-state index contributed by atoms with van der Waals surface area (Å²) in [6, 6.07) is 16.2. The Balaban J connectivity index is 1.97. The van der Waals surface area contributed by atoms with Crippen molar-refractivity contribution in [2.75, 3.05) is 14.2 Å². The summed E-state index contributed by atoms with van der Waals surface area (Å²) in [5.74, 6) is 0.118. The monoisotopic (exact) mass is 366 g/mol. The van der Waals surface area contributed by atoms with E-state index in [1.54, 1.807) is 14.0 Å². The number of para-hydroxylation sites is 1. The van der Waals surface area contributed by atoms with E-state index in [-0.39, 0.29) is 6.03 Å². The molecule has 0 aromatic heterocycles. The van der Waals surface area contributed by atoms with E-state index in [4.69, 9.17) is 9.47 Å². The van der Waals surface area contributed by atoms with Crippen LogP contribution in [-0.2, 0) is 16.1 Å². The maximum atomic E-state index is 12.4. The second kappa shape index (κ2) is 7.95. The number of nitrogens with one attached hydrogen (secondary N) is 1. The van der Waals surface area contributed by atoms with Crippen LogP contribution < -0.4 is 10.1 Å².